The summed E-state index contributed by atoms with van der Waals surface area (Å²) < 4.78 is 0. The molecule has 0 aromatic heterocycles. The maximum absolute atomic E-state index is 10.6. The first kappa shape index (κ1) is 8.39. The van der Waals surface area contributed by atoms with Gasteiger partial charge in [0.05, 0.1) is 11.3 Å². The minimum absolute atomic E-state index is 0.0457. The summed E-state index contributed by atoms with van der Waals surface area (Å²) in [6, 6.07) is 4.05. The highest BCUT2D eigenvalue weighted by atomic mass is 16.4. The molecule has 0 aliphatic carbocycles. The van der Waals surface area contributed by atoms with Crippen LogP contribution in [0.2, 0.25) is 0 Å². The van der Waals surface area contributed by atoms with Crippen LogP contribution in [0.1, 0.15) is 10.4 Å². The van der Waals surface area contributed by atoms with Gasteiger partial charge in [0.2, 0.25) is 0 Å². The molecule has 1 aromatic rings. The van der Waals surface area contributed by atoms with Crippen molar-refractivity contribution in [3.63, 3.8) is 0 Å². The van der Waals surface area contributed by atoms with E-state index in [0.717, 1.165) is 0 Å². The van der Waals surface area contributed by atoms with E-state index in [2.05, 4.69) is 5.32 Å². The first-order chi connectivity index (χ1) is 5.65. The van der Waals surface area contributed by atoms with Crippen LogP contribution < -0.4 is 5.32 Å². The Bertz CT molecular complexity index is 309. The smallest absolute Gasteiger partial charge is 0.337 e. The topological polar surface area (TPSA) is 69.6 Å². The summed E-state index contributed by atoms with van der Waals surface area (Å²) in [5, 5.41) is 20.4. The molecule has 1 rings (SSSR count). The van der Waals surface area contributed by atoms with Gasteiger partial charge in [-0.1, -0.05) is 0 Å². The number of aromatic hydroxyl groups is 1. The average molecular weight is 167 g/mol. The third-order valence-electron chi connectivity index (χ3n) is 1.50. The van der Waals surface area contributed by atoms with Crippen molar-refractivity contribution in [2.45, 2.75) is 0 Å². The minimum atomic E-state index is -1.01. The van der Waals surface area contributed by atoms with Crippen molar-refractivity contribution < 1.29 is 15.0 Å². The number of benzene rings is 1. The van der Waals surface area contributed by atoms with E-state index in [-0.39, 0.29) is 11.3 Å². The van der Waals surface area contributed by atoms with Gasteiger partial charge in [-0.15, -0.1) is 0 Å². The fraction of sp³-hybridized carbons (Fsp3) is 0.125. The average Bonchev–Trinajstić information content (AvgIpc) is 2.03. The predicted molar refractivity (Wildman–Crippen MR) is 44.6 cm³/mol. The van der Waals surface area contributed by atoms with E-state index in [9.17, 15) is 4.79 Å². The summed E-state index contributed by atoms with van der Waals surface area (Å²) in [6.07, 6.45) is 0. The highest BCUT2D eigenvalue weighted by Crippen LogP contribution is 2.20. The fourth-order valence-electron chi connectivity index (χ4n) is 0.926. The third kappa shape index (κ3) is 1.47. The van der Waals surface area contributed by atoms with E-state index in [1.54, 1.807) is 7.05 Å². The number of aromatic carboxylic acids is 1. The van der Waals surface area contributed by atoms with Crippen molar-refractivity contribution in [3.8, 4) is 5.75 Å². The summed E-state index contributed by atoms with van der Waals surface area (Å²) in [4.78, 5) is 10.6. The number of hydrogen-bond acceptors (Lipinski definition) is 3. The molecule has 0 spiro atoms. The predicted octanol–water partition coefficient (Wildman–Crippen LogP) is 1.13. The molecule has 3 N–H and O–H groups in total. The van der Waals surface area contributed by atoms with Gasteiger partial charge in [-0.05, 0) is 12.1 Å². The number of phenolic OH excluding ortho intramolecular Hbond substituents is 1. The quantitative estimate of drug-likeness (QED) is 0.617. The molecule has 0 saturated carbocycles. The summed E-state index contributed by atoms with van der Waals surface area (Å²) >= 11 is 0. The lowest BCUT2D eigenvalue weighted by Gasteiger charge is -2.04. The zero-order valence-corrected chi connectivity index (χ0v) is 6.53. The number of carbonyl (C=O) groups is 1. The van der Waals surface area contributed by atoms with Gasteiger partial charge in [0.25, 0.3) is 0 Å². The van der Waals surface area contributed by atoms with Crippen molar-refractivity contribution in [3.05, 3.63) is 23.8 Å². The first-order valence-electron chi connectivity index (χ1n) is 3.39. The highest BCUT2D eigenvalue weighted by molar-refractivity contribution is 5.94. The number of hydrogen-bond donors (Lipinski definition) is 3. The van der Waals surface area contributed by atoms with Crippen molar-refractivity contribution in [2.24, 2.45) is 0 Å². The molecule has 0 saturated heterocycles. The molecule has 0 unspecified atom stereocenters. The molecule has 0 aliphatic heterocycles. The fourth-order valence-corrected chi connectivity index (χ4v) is 0.926. The Morgan fingerprint density at radius 1 is 1.50 bits per heavy atom. The molecular weight excluding hydrogens is 158 g/mol. The Hall–Kier alpha value is -1.71. The number of carboxylic acid groups (broad SMARTS) is 1. The maximum atomic E-state index is 10.6. The van der Waals surface area contributed by atoms with Crippen LogP contribution in [0.15, 0.2) is 18.2 Å². The van der Waals surface area contributed by atoms with Gasteiger partial charge in [-0.3, -0.25) is 0 Å². The Morgan fingerprint density at radius 3 is 2.67 bits per heavy atom. The van der Waals surface area contributed by atoms with Crippen LogP contribution in [-0.4, -0.2) is 23.2 Å². The number of nitrogens with one attached hydrogen (secondary N) is 1. The van der Waals surface area contributed by atoms with E-state index >= 15 is 0 Å². The minimum Gasteiger partial charge on any atom is -0.508 e. The van der Waals surface area contributed by atoms with Gasteiger partial charge in [0.1, 0.15) is 5.75 Å². The second-order valence-corrected chi connectivity index (χ2v) is 2.29. The largest absolute Gasteiger partial charge is 0.508 e. The second kappa shape index (κ2) is 3.13. The standard InChI is InChI=1S/C8H9NO3/c1-9-7-4-5(10)2-3-6(7)8(11)12/h2-4,9-10H,1H3,(H,11,12). The zero-order valence-electron chi connectivity index (χ0n) is 6.53. The second-order valence-electron chi connectivity index (χ2n) is 2.29. The van der Waals surface area contributed by atoms with Crippen LogP contribution >= 0.6 is 0 Å². The third-order valence-corrected chi connectivity index (χ3v) is 1.50. The molecule has 0 aliphatic rings. The number of carboxylic acids is 1. The summed E-state index contributed by atoms with van der Waals surface area (Å²) in [5.41, 5.74) is 0.554. The normalized spacial score (nSPS) is 9.42. The first-order valence-corrected chi connectivity index (χ1v) is 3.39. The molecule has 12 heavy (non-hydrogen) atoms. The van der Waals surface area contributed by atoms with Gasteiger partial charge in [0, 0.05) is 13.1 Å². The van der Waals surface area contributed by atoms with Crippen LogP contribution in [-0.2, 0) is 0 Å². The molecule has 4 heteroatoms. The van der Waals surface area contributed by atoms with Crippen molar-refractivity contribution in [1.29, 1.82) is 0 Å². The van der Waals surface area contributed by atoms with Crippen LogP contribution in [0, 0.1) is 0 Å². The lowest BCUT2D eigenvalue weighted by Crippen LogP contribution is -2.01. The Kier molecular flexibility index (Phi) is 2.19. The van der Waals surface area contributed by atoms with Crippen LogP contribution in [0.25, 0.3) is 0 Å². The monoisotopic (exact) mass is 167 g/mol. The lowest BCUT2D eigenvalue weighted by molar-refractivity contribution is 0.0698. The van der Waals surface area contributed by atoms with Gasteiger partial charge < -0.3 is 15.5 Å². The van der Waals surface area contributed by atoms with Gasteiger partial charge in [0.15, 0.2) is 0 Å². The number of rotatable bonds is 2. The Morgan fingerprint density at radius 2 is 2.17 bits per heavy atom. The van der Waals surface area contributed by atoms with Gasteiger partial charge >= 0.3 is 5.97 Å². The molecule has 0 heterocycles. The zero-order chi connectivity index (χ0) is 9.14. The number of phenols is 1. The molecule has 4 nitrogen and oxygen atoms in total. The molecule has 1 aromatic carbocycles. The molecule has 0 amide bonds. The van der Waals surface area contributed by atoms with E-state index in [1.165, 1.54) is 18.2 Å². The highest BCUT2D eigenvalue weighted by Gasteiger charge is 2.08. The summed E-state index contributed by atoms with van der Waals surface area (Å²) in [7, 11) is 1.60. The Balaban J connectivity index is 3.20. The van der Waals surface area contributed by atoms with Gasteiger partial charge in [-0.2, -0.15) is 0 Å². The molecule has 0 radical (unpaired) electrons. The SMILES string of the molecule is CNc1cc(O)ccc1C(=O)O. The van der Waals surface area contributed by atoms with Gasteiger partial charge in [-0.25, -0.2) is 4.79 Å². The molecule has 0 fully saturated rings. The maximum Gasteiger partial charge on any atom is 0.337 e. The van der Waals surface area contributed by atoms with Crippen molar-refractivity contribution in [1.82, 2.24) is 0 Å². The molecular formula is C8H9NO3. The lowest BCUT2D eigenvalue weighted by atomic mass is 10.1. The summed E-state index contributed by atoms with van der Waals surface area (Å²) in [6.45, 7) is 0. The van der Waals surface area contributed by atoms with Crippen molar-refractivity contribution >= 4 is 11.7 Å². The Labute approximate surface area is 69.5 Å². The number of anilines is 1. The van der Waals surface area contributed by atoms with Crippen LogP contribution in [0.4, 0.5) is 5.69 Å². The van der Waals surface area contributed by atoms with E-state index in [1.807, 2.05) is 0 Å². The van der Waals surface area contributed by atoms with E-state index in [4.69, 9.17) is 10.2 Å². The van der Waals surface area contributed by atoms with Crippen LogP contribution in [0.3, 0.4) is 0 Å². The van der Waals surface area contributed by atoms with Crippen LogP contribution in [0.5, 0.6) is 5.75 Å². The molecule has 64 valence electrons. The van der Waals surface area contributed by atoms with E-state index in [0.29, 0.717) is 5.69 Å². The van der Waals surface area contributed by atoms with E-state index < -0.39 is 5.97 Å². The summed E-state index contributed by atoms with van der Waals surface area (Å²) in [5.74, 6) is -0.969. The van der Waals surface area contributed by atoms with Crippen molar-refractivity contribution in [2.75, 3.05) is 12.4 Å². The molecule has 0 bridgehead atoms. The molecule has 0 atom stereocenters.